The maximum Gasteiger partial charge on any atom is 0.273 e. The number of hydrogen-bond donors (Lipinski definition) is 1. The van der Waals surface area contributed by atoms with Crippen LogP contribution in [-0.4, -0.2) is 74.3 Å². The van der Waals surface area contributed by atoms with Gasteiger partial charge in [0.1, 0.15) is 10.6 Å². The minimum Gasteiger partial charge on any atom is -0.495 e. The van der Waals surface area contributed by atoms with Crippen LogP contribution in [0.3, 0.4) is 0 Å². The van der Waals surface area contributed by atoms with Crippen molar-refractivity contribution in [2.24, 2.45) is 0 Å². The highest BCUT2D eigenvalue weighted by molar-refractivity contribution is 7.89. The molecule has 28 heavy (non-hydrogen) atoms. The smallest absolute Gasteiger partial charge is 0.273 e. The molecule has 0 radical (unpaired) electrons. The molecular formula is C16H23ClN4O6S. The van der Waals surface area contributed by atoms with Crippen LogP contribution in [0.5, 0.6) is 5.75 Å². The zero-order valence-corrected chi connectivity index (χ0v) is 17.0. The number of nitrogens with zero attached hydrogens (tertiary/aromatic N) is 3. The number of carbonyl (C=O) groups excluding carboxylic acids is 1. The SMILES string of the molecule is COc1cc([N+](=O)[O-])ccc1S(=O)(=O)N1CCCC(N2CCNCC2=O)C1.Cl. The van der Waals surface area contributed by atoms with E-state index in [4.69, 9.17) is 4.74 Å². The fraction of sp³-hybridized carbons (Fsp3) is 0.562. The Kier molecular flexibility index (Phi) is 7.21. The Balaban J connectivity index is 0.00000280. The molecule has 2 fully saturated rings. The summed E-state index contributed by atoms with van der Waals surface area (Å²) in [6.07, 6.45) is 1.38. The lowest BCUT2D eigenvalue weighted by Crippen LogP contribution is -2.57. The number of nitrogens with one attached hydrogen (secondary N) is 1. The number of sulfonamides is 1. The van der Waals surface area contributed by atoms with Crippen molar-refractivity contribution in [2.75, 3.05) is 39.8 Å². The van der Waals surface area contributed by atoms with Crippen LogP contribution in [0, 0.1) is 10.1 Å². The van der Waals surface area contributed by atoms with E-state index < -0.39 is 14.9 Å². The van der Waals surface area contributed by atoms with E-state index in [-0.39, 0.29) is 53.8 Å². The fourth-order valence-corrected chi connectivity index (χ4v) is 5.18. The molecular weight excluding hydrogens is 412 g/mol. The number of hydrogen-bond acceptors (Lipinski definition) is 7. The third-order valence-electron chi connectivity index (χ3n) is 4.90. The van der Waals surface area contributed by atoms with E-state index in [0.717, 1.165) is 18.6 Å². The van der Waals surface area contributed by atoms with Crippen LogP contribution in [0.4, 0.5) is 5.69 Å². The quantitative estimate of drug-likeness (QED) is 0.532. The number of piperazine rings is 1. The Labute approximate surface area is 169 Å². The molecule has 1 amide bonds. The third kappa shape index (κ3) is 4.37. The number of methoxy groups -OCH3 is 1. The van der Waals surface area contributed by atoms with Gasteiger partial charge in [-0.05, 0) is 18.9 Å². The fourth-order valence-electron chi connectivity index (χ4n) is 3.52. The minimum absolute atomic E-state index is 0. The number of halogens is 1. The zero-order valence-electron chi connectivity index (χ0n) is 15.4. The number of benzene rings is 1. The van der Waals surface area contributed by atoms with Crippen molar-refractivity contribution >= 4 is 34.0 Å². The molecule has 0 aliphatic carbocycles. The highest BCUT2D eigenvalue weighted by atomic mass is 35.5. The zero-order chi connectivity index (χ0) is 19.6. The highest BCUT2D eigenvalue weighted by Gasteiger charge is 2.36. The number of rotatable bonds is 5. The van der Waals surface area contributed by atoms with Gasteiger partial charge in [0.2, 0.25) is 15.9 Å². The van der Waals surface area contributed by atoms with Crippen molar-refractivity contribution in [1.29, 1.82) is 0 Å². The summed E-state index contributed by atoms with van der Waals surface area (Å²) >= 11 is 0. The normalized spacial score (nSPS) is 21.1. The lowest BCUT2D eigenvalue weighted by atomic mass is 10.1. The molecule has 0 aromatic heterocycles. The lowest BCUT2D eigenvalue weighted by Gasteiger charge is -2.40. The number of non-ortho nitro benzene ring substituents is 1. The topological polar surface area (TPSA) is 122 Å². The molecule has 1 N–H and O–H groups in total. The summed E-state index contributed by atoms with van der Waals surface area (Å²) in [7, 11) is -2.63. The monoisotopic (exact) mass is 434 g/mol. The van der Waals surface area contributed by atoms with E-state index in [9.17, 15) is 23.3 Å². The second-order valence-electron chi connectivity index (χ2n) is 6.52. The Hall–Kier alpha value is -1.95. The van der Waals surface area contributed by atoms with Crippen molar-refractivity contribution in [1.82, 2.24) is 14.5 Å². The summed E-state index contributed by atoms with van der Waals surface area (Å²) in [4.78, 5) is 24.1. The second-order valence-corrected chi connectivity index (χ2v) is 8.42. The Morgan fingerprint density at radius 1 is 1.32 bits per heavy atom. The molecule has 2 aliphatic heterocycles. The molecule has 1 atom stereocenters. The van der Waals surface area contributed by atoms with Crippen molar-refractivity contribution in [3.8, 4) is 5.75 Å². The average Bonchev–Trinajstić information content (AvgIpc) is 2.67. The van der Waals surface area contributed by atoms with Crippen LogP contribution in [0.15, 0.2) is 23.1 Å². The van der Waals surface area contributed by atoms with E-state index in [1.165, 1.54) is 17.5 Å². The molecule has 0 bridgehead atoms. The van der Waals surface area contributed by atoms with Gasteiger partial charge in [0.25, 0.3) is 5.69 Å². The van der Waals surface area contributed by atoms with Gasteiger partial charge in [0.05, 0.1) is 24.6 Å². The Bertz CT molecular complexity index is 850. The van der Waals surface area contributed by atoms with Crippen molar-refractivity contribution in [2.45, 2.75) is 23.8 Å². The number of nitro benzene ring substituents is 1. The molecule has 10 nitrogen and oxygen atoms in total. The van der Waals surface area contributed by atoms with E-state index in [2.05, 4.69) is 5.32 Å². The summed E-state index contributed by atoms with van der Waals surface area (Å²) in [6, 6.07) is 3.28. The van der Waals surface area contributed by atoms with Gasteiger partial charge in [-0.2, -0.15) is 4.31 Å². The largest absolute Gasteiger partial charge is 0.495 e. The summed E-state index contributed by atoms with van der Waals surface area (Å²) in [6.45, 7) is 2.04. The van der Waals surface area contributed by atoms with Gasteiger partial charge in [0, 0.05) is 38.3 Å². The van der Waals surface area contributed by atoms with Gasteiger partial charge in [-0.1, -0.05) is 0 Å². The number of carbonyl (C=O) groups is 1. The van der Waals surface area contributed by atoms with Gasteiger partial charge in [-0.3, -0.25) is 14.9 Å². The number of nitro groups is 1. The van der Waals surface area contributed by atoms with Crippen LogP contribution in [0.25, 0.3) is 0 Å². The molecule has 1 unspecified atom stereocenters. The number of amides is 1. The Morgan fingerprint density at radius 2 is 2.07 bits per heavy atom. The van der Waals surface area contributed by atoms with Gasteiger partial charge in [-0.15, -0.1) is 12.4 Å². The molecule has 0 saturated carbocycles. The van der Waals surface area contributed by atoms with E-state index in [1.54, 1.807) is 4.90 Å². The van der Waals surface area contributed by atoms with Crippen molar-refractivity contribution in [3.63, 3.8) is 0 Å². The van der Waals surface area contributed by atoms with E-state index >= 15 is 0 Å². The van der Waals surface area contributed by atoms with Gasteiger partial charge in [0.15, 0.2) is 0 Å². The molecule has 0 spiro atoms. The predicted octanol–water partition coefficient (Wildman–Crippen LogP) is 0.610. The highest BCUT2D eigenvalue weighted by Crippen LogP contribution is 2.32. The lowest BCUT2D eigenvalue weighted by molar-refractivity contribution is -0.385. The molecule has 2 saturated heterocycles. The van der Waals surface area contributed by atoms with Gasteiger partial charge < -0.3 is 15.0 Å². The maximum atomic E-state index is 13.1. The van der Waals surface area contributed by atoms with E-state index in [0.29, 0.717) is 26.1 Å². The maximum absolute atomic E-state index is 13.1. The predicted molar refractivity (Wildman–Crippen MR) is 103 cm³/mol. The van der Waals surface area contributed by atoms with Gasteiger partial charge in [-0.25, -0.2) is 8.42 Å². The van der Waals surface area contributed by atoms with Gasteiger partial charge >= 0.3 is 0 Å². The first-order valence-electron chi connectivity index (χ1n) is 8.67. The van der Waals surface area contributed by atoms with Crippen LogP contribution in [-0.2, 0) is 14.8 Å². The standard InChI is InChI=1S/C16H22N4O6S.ClH/c1-26-14-9-12(20(22)23)4-5-15(14)27(24,25)18-7-2-3-13(11-18)19-8-6-17-10-16(19)21;/h4-5,9,13,17H,2-3,6-8,10-11H2,1H3;1H. The van der Waals surface area contributed by atoms with Crippen molar-refractivity contribution in [3.05, 3.63) is 28.3 Å². The summed E-state index contributed by atoms with van der Waals surface area (Å²) < 4.78 is 32.7. The molecule has 2 aliphatic rings. The first-order valence-corrected chi connectivity index (χ1v) is 10.1. The van der Waals surface area contributed by atoms with Crippen LogP contribution >= 0.6 is 12.4 Å². The third-order valence-corrected chi connectivity index (χ3v) is 6.81. The molecule has 3 rings (SSSR count). The van der Waals surface area contributed by atoms with Crippen molar-refractivity contribution < 1.29 is 22.9 Å². The summed E-state index contributed by atoms with van der Waals surface area (Å²) in [5, 5.41) is 13.9. The first-order chi connectivity index (χ1) is 12.8. The van der Waals surface area contributed by atoms with E-state index in [1.807, 2.05) is 0 Å². The molecule has 12 heteroatoms. The number of ether oxygens (including phenoxy) is 1. The Morgan fingerprint density at radius 3 is 2.71 bits per heavy atom. The molecule has 1 aromatic rings. The molecule has 1 aromatic carbocycles. The minimum atomic E-state index is -3.90. The summed E-state index contributed by atoms with van der Waals surface area (Å²) in [5.74, 6) is -0.0945. The number of piperidine rings is 1. The van der Waals surface area contributed by atoms with Crippen LogP contribution in [0.2, 0.25) is 0 Å². The molecule has 2 heterocycles. The summed E-state index contributed by atoms with van der Waals surface area (Å²) in [5.41, 5.74) is -0.242. The molecule has 156 valence electrons. The first kappa shape index (κ1) is 22.3. The van der Waals surface area contributed by atoms with Crippen LogP contribution < -0.4 is 10.1 Å². The average molecular weight is 435 g/mol. The second kappa shape index (κ2) is 9.03. The van der Waals surface area contributed by atoms with Crippen LogP contribution in [0.1, 0.15) is 12.8 Å².